The van der Waals surface area contributed by atoms with E-state index in [-0.39, 0.29) is 18.9 Å². The Hall–Kier alpha value is -2.06. The lowest BCUT2D eigenvalue weighted by Crippen LogP contribution is -2.34. The van der Waals surface area contributed by atoms with Crippen molar-refractivity contribution in [3.63, 3.8) is 0 Å². The van der Waals surface area contributed by atoms with Crippen molar-refractivity contribution in [1.29, 1.82) is 0 Å². The normalized spacial score (nSPS) is 20.9. The molecule has 36 heavy (non-hydrogen) atoms. The number of nitro groups is 1. The Kier molecular flexibility index (Phi) is 11.8. The topological polar surface area (TPSA) is 182 Å². The molecule has 1 aliphatic rings. The fourth-order valence-electron chi connectivity index (χ4n) is 2.95. The summed E-state index contributed by atoms with van der Waals surface area (Å²) in [5.74, 6) is -0.471. The second kappa shape index (κ2) is 14.0. The quantitative estimate of drug-likeness (QED) is 0.126. The van der Waals surface area contributed by atoms with E-state index in [4.69, 9.17) is 41.6 Å². The van der Waals surface area contributed by atoms with E-state index in [0.29, 0.717) is 18.2 Å². The van der Waals surface area contributed by atoms with Gasteiger partial charge >= 0.3 is 11.6 Å². The van der Waals surface area contributed by atoms with Crippen LogP contribution in [0, 0.1) is 15.9 Å². The number of nitrogens with zero attached hydrogens (tertiary/aromatic N) is 3. The Morgan fingerprint density at radius 3 is 2.72 bits per heavy atom. The van der Waals surface area contributed by atoms with E-state index in [1.54, 1.807) is 11.6 Å². The van der Waals surface area contributed by atoms with Crippen LogP contribution in [0.3, 0.4) is 0 Å². The SMILES string of the molecule is CP(Cl)(=NCCCCCl)OCc1ccc([N+](=O)[O-])o1.O=c1[nH]c(=O)n([C@H]2CC(O)[C@@H](CO)O2)cc1F. The average Bonchev–Trinajstić information content (AvgIpc) is 3.45. The van der Waals surface area contributed by atoms with Gasteiger partial charge in [0.1, 0.15) is 29.6 Å². The number of rotatable bonds is 10. The first-order valence-electron chi connectivity index (χ1n) is 10.6. The zero-order chi connectivity index (χ0) is 26.9. The van der Waals surface area contributed by atoms with E-state index in [9.17, 15) is 29.2 Å². The third-order valence-corrected chi connectivity index (χ3v) is 6.97. The van der Waals surface area contributed by atoms with Crippen LogP contribution >= 0.6 is 29.5 Å². The summed E-state index contributed by atoms with van der Waals surface area (Å²) in [5, 5.41) is 28.8. The minimum absolute atomic E-state index is 0.0383. The number of aliphatic hydroxyl groups is 2. The highest BCUT2D eigenvalue weighted by atomic mass is 35.7. The fourth-order valence-corrected chi connectivity index (χ4v) is 4.45. The molecule has 2 aromatic heterocycles. The Balaban J connectivity index is 0.000000255. The molecule has 4 atom stereocenters. The molecule has 0 bridgehead atoms. The van der Waals surface area contributed by atoms with Crippen LogP contribution in [0.25, 0.3) is 0 Å². The average molecular weight is 575 g/mol. The summed E-state index contributed by atoms with van der Waals surface area (Å²) < 4.78 is 33.7. The lowest BCUT2D eigenvalue weighted by molar-refractivity contribution is -0.402. The molecule has 2 aromatic rings. The van der Waals surface area contributed by atoms with E-state index in [0.717, 1.165) is 23.6 Å². The van der Waals surface area contributed by atoms with E-state index in [1.807, 2.05) is 0 Å². The lowest BCUT2D eigenvalue weighted by atomic mass is 10.2. The molecule has 3 rings (SSSR count). The molecule has 1 fully saturated rings. The highest BCUT2D eigenvalue weighted by molar-refractivity contribution is 7.86. The zero-order valence-electron chi connectivity index (χ0n) is 19.1. The monoisotopic (exact) mass is 574 g/mol. The number of unbranched alkanes of at least 4 members (excludes halogenated alkanes) is 1. The minimum atomic E-state index is -2.34. The molecular weight excluding hydrogens is 549 g/mol. The van der Waals surface area contributed by atoms with Crippen LogP contribution in [0.15, 0.2) is 37.1 Å². The summed E-state index contributed by atoms with van der Waals surface area (Å²) in [6, 6.07) is 2.77. The molecule has 0 radical (unpaired) electrons. The largest absolute Gasteiger partial charge is 0.433 e. The number of aromatic amines is 1. The minimum Gasteiger partial charge on any atom is -0.403 e. The van der Waals surface area contributed by atoms with Crippen molar-refractivity contribution in [1.82, 2.24) is 9.55 Å². The van der Waals surface area contributed by atoms with Gasteiger partial charge in [0.05, 0.1) is 25.0 Å². The Bertz CT molecular complexity index is 1180. The summed E-state index contributed by atoms with van der Waals surface area (Å²) in [5.41, 5.74) is -1.93. The first-order valence-corrected chi connectivity index (χ1v) is 14.2. The number of alkyl halides is 1. The van der Waals surface area contributed by atoms with Crippen molar-refractivity contribution < 1.29 is 33.2 Å². The summed E-state index contributed by atoms with van der Waals surface area (Å²) in [4.78, 5) is 33.8. The van der Waals surface area contributed by atoms with Gasteiger partial charge in [-0.25, -0.2) is 4.79 Å². The van der Waals surface area contributed by atoms with Gasteiger partial charge in [-0.2, -0.15) is 4.39 Å². The van der Waals surface area contributed by atoms with Crippen LogP contribution in [0.1, 0.15) is 31.3 Å². The van der Waals surface area contributed by atoms with Crippen molar-refractivity contribution in [2.24, 2.45) is 4.74 Å². The molecule has 13 nitrogen and oxygen atoms in total. The first kappa shape index (κ1) is 30.2. The molecule has 0 aromatic carbocycles. The Morgan fingerprint density at radius 1 is 1.42 bits per heavy atom. The molecular formula is C19H26Cl2FN4O9P. The summed E-state index contributed by atoms with van der Waals surface area (Å²) in [6.07, 6.45) is -0.155. The number of aliphatic hydroxyl groups excluding tert-OH is 2. The van der Waals surface area contributed by atoms with Gasteiger partial charge in [0, 0.05) is 25.5 Å². The summed E-state index contributed by atoms with van der Waals surface area (Å²) in [7, 11) is 0. The maximum atomic E-state index is 13.0. The number of hydrogen-bond donors (Lipinski definition) is 3. The van der Waals surface area contributed by atoms with Gasteiger partial charge in [0.15, 0.2) is 6.63 Å². The van der Waals surface area contributed by atoms with Crippen molar-refractivity contribution >= 4 is 35.4 Å². The van der Waals surface area contributed by atoms with Gasteiger partial charge in [0.25, 0.3) is 5.56 Å². The number of hydrogen-bond acceptors (Lipinski definition) is 10. The van der Waals surface area contributed by atoms with Gasteiger partial charge in [-0.3, -0.25) is 29.2 Å². The predicted molar refractivity (Wildman–Crippen MR) is 129 cm³/mol. The Labute approximate surface area is 213 Å². The van der Waals surface area contributed by atoms with Crippen molar-refractivity contribution in [3.05, 3.63) is 60.9 Å². The molecule has 0 saturated carbocycles. The number of furan rings is 1. The molecule has 1 saturated heterocycles. The molecule has 1 aliphatic heterocycles. The third-order valence-electron chi connectivity index (χ3n) is 4.78. The van der Waals surface area contributed by atoms with E-state index >= 15 is 0 Å². The van der Waals surface area contributed by atoms with Gasteiger partial charge in [-0.15, -0.1) is 11.6 Å². The molecule has 2 unspecified atom stereocenters. The second-order valence-electron chi connectivity index (χ2n) is 7.57. The smallest absolute Gasteiger partial charge is 0.403 e. The molecule has 3 N–H and O–H groups in total. The molecule has 0 spiro atoms. The molecule has 202 valence electrons. The van der Waals surface area contributed by atoms with Gasteiger partial charge in [-0.1, -0.05) is 0 Å². The van der Waals surface area contributed by atoms with Gasteiger partial charge in [0.2, 0.25) is 5.82 Å². The van der Waals surface area contributed by atoms with Gasteiger partial charge in [-0.05, 0) is 30.1 Å². The van der Waals surface area contributed by atoms with Crippen LogP contribution in [-0.2, 0) is 15.9 Å². The number of halogens is 3. The van der Waals surface area contributed by atoms with E-state index in [2.05, 4.69) is 4.74 Å². The predicted octanol–water partition coefficient (Wildman–Crippen LogP) is 2.94. The fraction of sp³-hybridized carbons (Fsp3) is 0.579. The third kappa shape index (κ3) is 9.11. The standard InChI is InChI=1S/C10H15Cl2N2O4P.C9H11FN2O5/c1-19(12,13-7-3-2-6-11)17-8-9-4-5-10(18-9)14(15)16;10-4-2-12(9(16)11-8(4)15)7-1-5(14)6(3-13)17-7/h4-5H,2-3,6-8H2,1H3;2,5-7,13-14H,1,3H2,(H,11,15,16)/t;5?,6-,7-/m.1/s1. The zero-order valence-corrected chi connectivity index (χ0v) is 21.5. The van der Waals surface area contributed by atoms with E-state index in [1.165, 1.54) is 12.1 Å². The maximum Gasteiger partial charge on any atom is 0.433 e. The summed E-state index contributed by atoms with van der Waals surface area (Å²) in [6.45, 7) is -0.362. The molecule has 0 aliphatic carbocycles. The lowest BCUT2D eigenvalue weighted by Gasteiger charge is -2.13. The van der Waals surface area contributed by atoms with Crippen molar-refractivity contribution in [2.45, 2.75) is 44.3 Å². The van der Waals surface area contributed by atoms with Crippen LogP contribution < -0.4 is 11.2 Å². The molecule has 0 amide bonds. The van der Waals surface area contributed by atoms with E-state index < -0.39 is 53.7 Å². The van der Waals surface area contributed by atoms with Crippen LogP contribution in [-0.4, -0.2) is 62.6 Å². The summed E-state index contributed by atoms with van der Waals surface area (Å²) >= 11 is 11.7. The molecule has 17 heteroatoms. The molecule has 3 heterocycles. The second-order valence-corrected chi connectivity index (χ2v) is 11.9. The number of ether oxygens (including phenoxy) is 1. The van der Waals surface area contributed by atoms with Crippen LogP contribution in [0.4, 0.5) is 10.3 Å². The van der Waals surface area contributed by atoms with Crippen LogP contribution in [0.2, 0.25) is 0 Å². The number of H-pyrrole nitrogens is 1. The highest BCUT2D eigenvalue weighted by Gasteiger charge is 2.35. The highest BCUT2D eigenvalue weighted by Crippen LogP contribution is 2.53. The first-order chi connectivity index (χ1) is 17.0. The van der Waals surface area contributed by atoms with Crippen molar-refractivity contribution in [3.8, 4) is 0 Å². The van der Waals surface area contributed by atoms with Crippen molar-refractivity contribution in [2.75, 3.05) is 25.7 Å². The maximum absolute atomic E-state index is 13.0. The van der Waals surface area contributed by atoms with Crippen LogP contribution in [0.5, 0.6) is 0 Å². The number of aromatic nitrogens is 2. The Morgan fingerprint density at radius 2 is 2.14 bits per heavy atom. The van der Waals surface area contributed by atoms with Gasteiger partial charge < -0.3 is 23.9 Å². The number of nitrogens with one attached hydrogen (secondary N) is 1.